The summed E-state index contributed by atoms with van der Waals surface area (Å²) in [5, 5.41) is 2.97. The Morgan fingerprint density at radius 3 is 2.12 bits per heavy atom. The van der Waals surface area contributed by atoms with Crippen LogP contribution in [-0.2, 0) is 9.59 Å². The molecule has 5 nitrogen and oxygen atoms in total. The van der Waals surface area contributed by atoms with Crippen molar-refractivity contribution in [3.63, 3.8) is 0 Å². The summed E-state index contributed by atoms with van der Waals surface area (Å²) in [6.45, 7) is 5.97. The van der Waals surface area contributed by atoms with Gasteiger partial charge < -0.3 is 15.1 Å². The van der Waals surface area contributed by atoms with Gasteiger partial charge in [-0.05, 0) is 58.5 Å². The molecule has 0 bridgehead atoms. The second-order valence-corrected chi connectivity index (χ2v) is 7.86. The van der Waals surface area contributed by atoms with Crippen molar-refractivity contribution in [1.82, 2.24) is 15.1 Å². The molecule has 3 fully saturated rings. The Kier molecular flexibility index (Phi) is 6.14. The van der Waals surface area contributed by atoms with Crippen LogP contribution >= 0.6 is 0 Å². The SMILES string of the molecule is CC(NC(=O)C1CCCCC1)C(=O)N1CCC(N2CCCC2)CC1. The minimum Gasteiger partial charge on any atom is -0.344 e. The molecule has 2 aliphatic heterocycles. The maximum atomic E-state index is 12.6. The third kappa shape index (κ3) is 4.29. The van der Waals surface area contributed by atoms with Gasteiger partial charge in [0, 0.05) is 25.0 Å². The molecule has 2 amide bonds. The number of piperidine rings is 1. The molecule has 1 saturated carbocycles. The highest BCUT2D eigenvalue weighted by molar-refractivity contribution is 5.88. The fraction of sp³-hybridized carbons (Fsp3) is 0.895. The fourth-order valence-corrected chi connectivity index (χ4v) is 4.59. The number of hydrogen-bond acceptors (Lipinski definition) is 3. The summed E-state index contributed by atoms with van der Waals surface area (Å²) in [6.07, 6.45) is 10.3. The van der Waals surface area contributed by atoms with Crippen LogP contribution in [-0.4, -0.2) is 59.9 Å². The largest absolute Gasteiger partial charge is 0.344 e. The number of likely N-dealkylation sites (tertiary alicyclic amines) is 2. The third-order valence-corrected chi connectivity index (χ3v) is 6.14. The molecule has 1 atom stereocenters. The van der Waals surface area contributed by atoms with E-state index in [0.29, 0.717) is 6.04 Å². The molecule has 2 heterocycles. The maximum absolute atomic E-state index is 12.6. The Balaban J connectivity index is 1.43. The minimum absolute atomic E-state index is 0.0857. The molecule has 24 heavy (non-hydrogen) atoms. The Labute approximate surface area is 146 Å². The van der Waals surface area contributed by atoms with E-state index in [1.807, 2.05) is 11.8 Å². The topological polar surface area (TPSA) is 52.7 Å². The molecule has 2 saturated heterocycles. The molecule has 0 aromatic rings. The van der Waals surface area contributed by atoms with Crippen molar-refractivity contribution in [2.24, 2.45) is 5.92 Å². The van der Waals surface area contributed by atoms with Crippen LogP contribution in [0.15, 0.2) is 0 Å². The Hall–Kier alpha value is -1.10. The molecule has 136 valence electrons. The van der Waals surface area contributed by atoms with Crippen molar-refractivity contribution in [2.45, 2.75) is 76.8 Å². The van der Waals surface area contributed by atoms with Crippen molar-refractivity contribution in [3.05, 3.63) is 0 Å². The van der Waals surface area contributed by atoms with E-state index in [1.165, 1.54) is 32.4 Å². The van der Waals surface area contributed by atoms with Gasteiger partial charge in [0.1, 0.15) is 6.04 Å². The first-order valence-electron chi connectivity index (χ1n) is 9.98. The molecule has 0 aromatic heterocycles. The van der Waals surface area contributed by atoms with Crippen LogP contribution in [0.1, 0.15) is 64.7 Å². The zero-order valence-electron chi connectivity index (χ0n) is 15.1. The molecule has 3 aliphatic rings. The van der Waals surface area contributed by atoms with E-state index in [2.05, 4.69) is 10.2 Å². The summed E-state index contributed by atoms with van der Waals surface area (Å²) in [6, 6.07) is 0.270. The zero-order chi connectivity index (χ0) is 16.9. The van der Waals surface area contributed by atoms with E-state index in [1.54, 1.807) is 0 Å². The molecule has 5 heteroatoms. The van der Waals surface area contributed by atoms with E-state index in [0.717, 1.165) is 51.6 Å². The van der Waals surface area contributed by atoms with Gasteiger partial charge in [0.15, 0.2) is 0 Å². The predicted molar refractivity (Wildman–Crippen MR) is 94.6 cm³/mol. The Morgan fingerprint density at radius 1 is 0.875 bits per heavy atom. The lowest BCUT2D eigenvalue weighted by Crippen LogP contribution is -2.52. The molecule has 0 radical (unpaired) electrons. The van der Waals surface area contributed by atoms with Gasteiger partial charge in [-0.2, -0.15) is 0 Å². The molecular weight excluding hydrogens is 302 g/mol. The van der Waals surface area contributed by atoms with Crippen molar-refractivity contribution in [3.8, 4) is 0 Å². The van der Waals surface area contributed by atoms with Crippen molar-refractivity contribution in [2.75, 3.05) is 26.2 Å². The fourth-order valence-electron chi connectivity index (χ4n) is 4.59. The monoisotopic (exact) mass is 335 g/mol. The number of nitrogens with one attached hydrogen (secondary N) is 1. The quantitative estimate of drug-likeness (QED) is 0.856. The minimum atomic E-state index is -0.386. The van der Waals surface area contributed by atoms with Crippen LogP contribution in [0, 0.1) is 5.92 Å². The van der Waals surface area contributed by atoms with Crippen molar-refractivity contribution >= 4 is 11.8 Å². The third-order valence-electron chi connectivity index (χ3n) is 6.14. The standard InChI is InChI=1S/C19H33N3O2/c1-15(20-18(23)16-7-3-2-4-8-16)19(24)22-13-9-17(10-14-22)21-11-5-6-12-21/h15-17H,2-14H2,1H3,(H,20,23). The lowest BCUT2D eigenvalue weighted by atomic mass is 9.88. The molecule has 1 N–H and O–H groups in total. The van der Waals surface area contributed by atoms with Crippen LogP contribution in [0.2, 0.25) is 0 Å². The summed E-state index contributed by atoms with van der Waals surface area (Å²) < 4.78 is 0. The van der Waals surface area contributed by atoms with Gasteiger partial charge in [0.25, 0.3) is 0 Å². The van der Waals surface area contributed by atoms with E-state index in [4.69, 9.17) is 0 Å². The predicted octanol–water partition coefficient (Wildman–Crippen LogP) is 2.16. The van der Waals surface area contributed by atoms with E-state index in [-0.39, 0.29) is 23.8 Å². The van der Waals surface area contributed by atoms with Gasteiger partial charge in [-0.3, -0.25) is 9.59 Å². The molecular formula is C19H33N3O2. The molecule has 1 aliphatic carbocycles. The summed E-state index contributed by atoms with van der Waals surface area (Å²) >= 11 is 0. The summed E-state index contributed by atoms with van der Waals surface area (Å²) in [7, 11) is 0. The number of amides is 2. The normalized spacial score (nSPS) is 25.6. The zero-order valence-corrected chi connectivity index (χ0v) is 15.1. The van der Waals surface area contributed by atoms with Crippen LogP contribution in [0.25, 0.3) is 0 Å². The highest BCUT2D eigenvalue weighted by Gasteiger charge is 2.31. The number of rotatable bonds is 4. The number of carbonyl (C=O) groups is 2. The number of nitrogens with zero attached hydrogens (tertiary/aromatic N) is 2. The molecule has 3 rings (SSSR count). The number of hydrogen-bond donors (Lipinski definition) is 1. The number of carbonyl (C=O) groups excluding carboxylic acids is 2. The van der Waals surface area contributed by atoms with Gasteiger partial charge in [-0.1, -0.05) is 19.3 Å². The maximum Gasteiger partial charge on any atom is 0.244 e. The van der Waals surface area contributed by atoms with Gasteiger partial charge in [0.05, 0.1) is 0 Å². The van der Waals surface area contributed by atoms with Gasteiger partial charge in [-0.25, -0.2) is 0 Å². The first-order chi connectivity index (χ1) is 11.6. The highest BCUT2D eigenvalue weighted by atomic mass is 16.2. The van der Waals surface area contributed by atoms with Crippen LogP contribution < -0.4 is 5.32 Å². The summed E-state index contributed by atoms with van der Waals surface area (Å²) in [5.74, 6) is 0.302. The summed E-state index contributed by atoms with van der Waals surface area (Å²) in [5.41, 5.74) is 0. The van der Waals surface area contributed by atoms with Gasteiger partial charge >= 0.3 is 0 Å². The van der Waals surface area contributed by atoms with Crippen LogP contribution in [0.4, 0.5) is 0 Å². The van der Waals surface area contributed by atoms with Crippen molar-refractivity contribution in [1.29, 1.82) is 0 Å². The molecule has 1 unspecified atom stereocenters. The average Bonchev–Trinajstić information content (AvgIpc) is 3.16. The first-order valence-corrected chi connectivity index (χ1v) is 9.98. The van der Waals surface area contributed by atoms with Crippen molar-refractivity contribution < 1.29 is 9.59 Å². The lowest BCUT2D eigenvalue weighted by molar-refractivity contribution is -0.138. The second kappa shape index (κ2) is 8.32. The van der Waals surface area contributed by atoms with Gasteiger partial charge in [0.2, 0.25) is 11.8 Å². The van der Waals surface area contributed by atoms with Crippen LogP contribution in [0.3, 0.4) is 0 Å². The second-order valence-electron chi connectivity index (χ2n) is 7.86. The lowest BCUT2D eigenvalue weighted by Gasteiger charge is -2.37. The smallest absolute Gasteiger partial charge is 0.244 e. The average molecular weight is 335 g/mol. The van der Waals surface area contributed by atoms with Gasteiger partial charge in [-0.15, -0.1) is 0 Å². The van der Waals surface area contributed by atoms with E-state index >= 15 is 0 Å². The van der Waals surface area contributed by atoms with E-state index < -0.39 is 0 Å². The summed E-state index contributed by atoms with van der Waals surface area (Å²) in [4.78, 5) is 29.5. The highest BCUT2D eigenvalue weighted by Crippen LogP contribution is 2.24. The Morgan fingerprint density at radius 2 is 1.50 bits per heavy atom. The molecule has 0 aromatic carbocycles. The first kappa shape index (κ1) is 17.7. The van der Waals surface area contributed by atoms with Crippen LogP contribution in [0.5, 0.6) is 0 Å². The van der Waals surface area contributed by atoms with E-state index in [9.17, 15) is 9.59 Å². The molecule has 0 spiro atoms. The Bertz CT molecular complexity index is 434.